The number of para-hydroxylation sites is 2. The topological polar surface area (TPSA) is 53.1 Å². The maximum Gasteiger partial charge on any atom is 0.325 e. The molecule has 0 spiro atoms. The Morgan fingerprint density at radius 2 is 1.88 bits per heavy atom. The van der Waals surface area contributed by atoms with Crippen molar-refractivity contribution in [2.75, 3.05) is 30.2 Å². The van der Waals surface area contributed by atoms with E-state index < -0.39 is 0 Å². The van der Waals surface area contributed by atoms with Crippen molar-refractivity contribution in [3.05, 3.63) is 24.3 Å². The summed E-state index contributed by atoms with van der Waals surface area (Å²) in [6.07, 6.45) is 7.54. The monoisotopic (exact) mass is 359 g/mol. The quantitative estimate of drug-likeness (QED) is 0.748. The first kappa shape index (κ1) is 18.7. The van der Waals surface area contributed by atoms with E-state index in [4.69, 9.17) is 4.84 Å². The van der Waals surface area contributed by atoms with Crippen molar-refractivity contribution in [1.29, 1.82) is 0 Å². The van der Waals surface area contributed by atoms with E-state index in [1.807, 2.05) is 36.2 Å². The van der Waals surface area contributed by atoms with Crippen LogP contribution in [0.15, 0.2) is 24.3 Å². The number of hydrogen-bond donors (Lipinski definition) is 0. The van der Waals surface area contributed by atoms with Crippen LogP contribution in [0, 0.1) is 0 Å². The highest BCUT2D eigenvalue weighted by atomic mass is 16.7. The largest absolute Gasteiger partial charge is 0.325 e. The lowest BCUT2D eigenvalue weighted by Crippen LogP contribution is -2.53. The molecule has 0 saturated heterocycles. The zero-order valence-electron chi connectivity index (χ0n) is 15.8. The first-order chi connectivity index (χ1) is 12.6. The van der Waals surface area contributed by atoms with E-state index in [9.17, 15) is 9.59 Å². The summed E-state index contributed by atoms with van der Waals surface area (Å²) in [4.78, 5) is 34.9. The van der Waals surface area contributed by atoms with Gasteiger partial charge < -0.3 is 4.90 Å². The van der Waals surface area contributed by atoms with Gasteiger partial charge in [0, 0.05) is 13.1 Å². The second kappa shape index (κ2) is 8.54. The summed E-state index contributed by atoms with van der Waals surface area (Å²) in [5.74, 6) is -0.204. The molecule has 6 heteroatoms. The van der Waals surface area contributed by atoms with E-state index >= 15 is 0 Å². The molecule has 142 valence electrons. The van der Waals surface area contributed by atoms with Crippen LogP contribution in [-0.2, 0) is 9.63 Å². The predicted molar refractivity (Wildman–Crippen MR) is 102 cm³/mol. The molecule has 26 heavy (non-hydrogen) atoms. The molecule has 1 aromatic rings. The van der Waals surface area contributed by atoms with Gasteiger partial charge in [0.1, 0.15) is 6.54 Å². The van der Waals surface area contributed by atoms with Gasteiger partial charge in [-0.05, 0) is 31.4 Å². The zero-order valence-corrected chi connectivity index (χ0v) is 15.8. The number of urea groups is 1. The van der Waals surface area contributed by atoms with E-state index in [2.05, 4.69) is 6.92 Å². The minimum Gasteiger partial charge on any atom is -0.324 e. The van der Waals surface area contributed by atoms with Crippen molar-refractivity contribution in [2.45, 2.75) is 57.9 Å². The smallest absolute Gasteiger partial charge is 0.324 e. The first-order valence-electron chi connectivity index (χ1n) is 9.72. The number of unbranched alkanes of at least 4 members (excludes halogenated alkanes) is 1. The lowest BCUT2D eigenvalue weighted by molar-refractivity contribution is -0.125. The molecule has 1 fully saturated rings. The minimum atomic E-state index is -0.204. The average Bonchev–Trinajstić information content (AvgIpc) is 2.69. The van der Waals surface area contributed by atoms with Gasteiger partial charge in [-0.25, -0.2) is 4.79 Å². The van der Waals surface area contributed by atoms with Gasteiger partial charge in [-0.15, -0.1) is 0 Å². The third-order valence-corrected chi connectivity index (χ3v) is 5.28. The molecule has 2 aliphatic rings. The fourth-order valence-electron chi connectivity index (χ4n) is 3.71. The molecular weight excluding hydrogens is 330 g/mol. The molecule has 0 unspecified atom stereocenters. The van der Waals surface area contributed by atoms with Gasteiger partial charge >= 0.3 is 6.03 Å². The van der Waals surface area contributed by atoms with Gasteiger partial charge in [-0.2, -0.15) is 5.06 Å². The van der Waals surface area contributed by atoms with Gasteiger partial charge in [-0.1, -0.05) is 44.7 Å². The summed E-state index contributed by atoms with van der Waals surface area (Å²) in [7, 11) is 1.86. The maximum absolute atomic E-state index is 13.1. The Balaban J connectivity index is 1.80. The maximum atomic E-state index is 13.1. The molecule has 1 aliphatic carbocycles. The summed E-state index contributed by atoms with van der Waals surface area (Å²) in [5, 5.41) is 1.36. The van der Waals surface area contributed by atoms with Crippen molar-refractivity contribution >= 4 is 23.3 Å². The van der Waals surface area contributed by atoms with Crippen molar-refractivity contribution < 1.29 is 14.4 Å². The number of hydroxylamine groups is 1. The molecule has 3 rings (SSSR count). The number of hydrogen-bond acceptors (Lipinski definition) is 3. The van der Waals surface area contributed by atoms with Crippen molar-refractivity contribution in [3.8, 4) is 0 Å². The number of anilines is 2. The molecule has 0 atom stereocenters. The second-order valence-corrected chi connectivity index (χ2v) is 7.14. The van der Waals surface area contributed by atoms with Crippen molar-refractivity contribution in [1.82, 2.24) is 4.90 Å². The standard InChI is InChI=1S/C20H29N3O3/c1-3-4-14-26-23-18-13-9-8-12-17(18)22(15-19(23)24)20(25)21(2)16-10-6-5-7-11-16/h8-9,12-13,16H,3-7,10-11,14-15H2,1-2H3. The van der Waals surface area contributed by atoms with Crippen LogP contribution < -0.4 is 9.96 Å². The Labute approximate surface area is 155 Å². The van der Waals surface area contributed by atoms with Crippen molar-refractivity contribution in [2.24, 2.45) is 0 Å². The van der Waals surface area contributed by atoms with Gasteiger partial charge in [0.15, 0.2) is 0 Å². The molecule has 1 heterocycles. The molecule has 6 nitrogen and oxygen atoms in total. The Morgan fingerprint density at radius 3 is 2.58 bits per heavy atom. The summed E-state index contributed by atoms with van der Waals surface area (Å²) >= 11 is 0. The summed E-state index contributed by atoms with van der Waals surface area (Å²) in [5.41, 5.74) is 1.38. The Morgan fingerprint density at radius 1 is 1.19 bits per heavy atom. The van der Waals surface area contributed by atoms with Gasteiger partial charge in [0.2, 0.25) is 0 Å². The number of carbonyl (C=O) groups is 2. The van der Waals surface area contributed by atoms with Crippen LogP contribution in [0.1, 0.15) is 51.9 Å². The van der Waals surface area contributed by atoms with Crippen LogP contribution in [0.25, 0.3) is 0 Å². The van der Waals surface area contributed by atoms with E-state index in [0.29, 0.717) is 12.3 Å². The molecule has 0 bridgehead atoms. The van der Waals surface area contributed by atoms with Crippen molar-refractivity contribution in [3.63, 3.8) is 0 Å². The summed E-state index contributed by atoms with van der Waals surface area (Å²) in [6.45, 7) is 2.59. The second-order valence-electron chi connectivity index (χ2n) is 7.14. The average molecular weight is 359 g/mol. The summed E-state index contributed by atoms with van der Waals surface area (Å²) < 4.78 is 0. The third-order valence-electron chi connectivity index (χ3n) is 5.28. The zero-order chi connectivity index (χ0) is 18.5. The highest BCUT2D eigenvalue weighted by Gasteiger charge is 2.36. The molecule has 1 saturated carbocycles. The molecule has 3 amide bonds. The lowest BCUT2D eigenvalue weighted by Gasteiger charge is -2.39. The number of fused-ring (bicyclic) bond motifs is 1. The number of amides is 3. The molecular formula is C20H29N3O3. The van der Waals surface area contributed by atoms with Gasteiger partial charge in [-0.3, -0.25) is 14.5 Å². The van der Waals surface area contributed by atoms with Crippen LogP contribution in [0.2, 0.25) is 0 Å². The fourth-order valence-corrected chi connectivity index (χ4v) is 3.71. The molecule has 0 radical (unpaired) electrons. The number of carbonyl (C=O) groups excluding carboxylic acids is 2. The van der Waals surface area contributed by atoms with Crippen LogP contribution in [0.3, 0.4) is 0 Å². The molecule has 1 aliphatic heterocycles. The fraction of sp³-hybridized carbons (Fsp3) is 0.600. The lowest BCUT2D eigenvalue weighted by atomic mass is 9.94. The van der Waals surface area contributed by atoms with E-state index in [1.54, 1.807) is 4.90 Å². The molecule has 0 aromatic heterocycles. The van der Waals surface area contributed by atoms with Crippen LogP contribution in [0.5, 0.6) is 0 Å². The summed E-state index contributed by atoms with van der Waals surface area (Å²) in [6, 6.07) is 7.62. The highest BCUT2D eigenvalue weighted by molar-refractivity contribution is 6.09. The number of benzene rings is 1. The van der Waals surface area contributed by atoms with E-state index in [0.717, 1.165) is 44.2 Å². The normalized spacial score (nSPS) is 18.0. The van der Waals surface area contributed by atoms with E-state index in [-0.39, 0.29) is 24.5 Å². The van der Waals surface area contributed by atoms with Crippen LogP contribution >= 0.6 is 0 Å². The van der Waals surface area contributed by atoms with Gasteiger partial charge in [0.25, 0.3) is 5.91 Å². The third kappa shape index (κ3) is 3.85. The van der Waals surface area contributed by atoms with Crippen LogP contribution in [0.4, 0.5) is 16.2 Å². The van der Waals surface area contributed by atoms with Gasteiger partial charge in [0.05, 0.1) is 18.0 Å². The molecule has 1 aromatic carbocycles. The molecule has 0 N–H and O–H groups in total. The highest BCUT2D eigenvalue weighted by Crippen LogP contribution is 2.35. The minimum absolute atomic E-state index is 0.0129. The predicted octanol–water partition coefficient (Wildman–Crippen LogP) is 3.96. The Kier molecular flexibility index (Phi) is 6.14. The van der Waals surface area contributed by atoms with E-state index in [1.165, 1.54) is 11.5 Å². The SMILES string of the molecule is CCCCON1C(=O)CN(C(=O)N(C)C2CCCCC2)c2ccccc21. The number of nitrogens with zero attached hydrogens (tertiary/aromatic N) is 3. The Bertz CT molecular complexity index is 643. The first-order valence-corrected chi connectivity index (χ1v) is 9.72. The number of rotatable bonds is 5. The Hall–Kier alpha value is -2.08. The van der Waals surface area contributed by atoms with Crippen LogP contribution in [-0.4, -0.2) is 43.1 Å².